The molecular formula is C14H12F2N4O. The Kier molecular flexibility index (Phi) is 3.47. The monoisotopic (exact) mass is 290 g/mol. The van der Waals surface area contributed by atoms with Crippen LogP contribution in [-0.2, 0) is 0 Å². The molecule has 0 atom stereocenters. The molecule has 2 aromatic rings. The summed E-state index contributed by atoms with van der Waals surface area (Å²) in [7, 11) is 0. The Morgan fingerprint density at radius 1 is 1.19 bits per heavy atom. The number of carbonyl (C=O) groups excluding carboxylic acids is 1. The molecule has 1 aromatic carbocycles. The Labute approximate surface area is 119 Å². The standard InChI is InChI=1S/C14H12F2N4O/c15-8-1-4-11(10(16)5-8)20-13-6-12(17-7-18-13)14(21)19-9-2-3-9/h1,4-7,9H,2-3H2,(H,19,21)(H,17,18,20). The second-order valence-electron chi connectivity index (χ2n) is 4.79. The SMILES string of the molecule is O=C(NC1CC1)c1cc(Nc2ccc(F)cc2F)ncn1. The highest BCUT2D eigenvalue weighted by Gasteiger charge is 2.24. The van der Waals surface area contributed by atoms with E-state index in [0.717, 1.165) is 25.0 Å². The molecular weight excluding hydrogens is 278 g/mol. The number of benzene rings is 1. The summed E-state index contributed by atoms with van der Waals surface area (Å²) in [5.74, 6) is -1.43. The molecule has 0 bridgehead atoms. The van der Waals surface area contributed by atoms with Gasteiger partial charge in [-0.05, 0) is 25.0 Å². The van der Waals surface area contributed by atoms with Gasteiger partial charge in [0.1, 0.15) is 29.5 Å². The number of anilines is 2. The molecule has 0 radical (unpaired) electrons. The van der Waals surface area contributed by atoms with E-state index in [9.17, 15) is 13.6 Å². The number of nitrogens with zero attached hydrogens (tertiary/aromatic N) is 2. The van der Waals surface area contributed by atoms with E-state index in [1.165, 1.54) is 18.5 Å². The lowest BCUT2D eigenvalue weighted by Crippen LogP contribution is -2.26. The van der Waals surface area contributed by atoms with Crippen molar-refractivity contribution in [2.75, 3.05) is 5.32 Å². The van der Waals surface area contributed by atoms with E-state index in [2.05, 4.69) is 20.6 Å². The average molecular weight is 290 g/mol. The largest absolute Gasteiger partial charge is 0.348 e. The molecule has 0 aliphatic heterocycles. The first kappa shape index (κ1) is 13.4. The molecule has 5 nitrogen and oxygen atoms in total. The Bertz CT molecular complexity index is 688. The van der Waals surface area contributed by atoms with Gasteiger partial charge in [0.2, 0.25) is 0 Å². The Morgan fingerprint density at radius 2 is 2.00 bits per heavy atom. The predicted octanol–water partition coefficient (Wildman–Crippen LogP) is 2.39. The van der Waals surface area contributed by atoms with E-state index in [-0.39, 0.29) is 29.1 Å². The number of hydrogen-bond donors (Lipinski definition) is 2. The van der Waals surface area contributed by atoms with Crippen LogP contribution in [0, 0.1) is 11.6 Å². The summed E-state index contributed by atoms with van der Waals surface area (Å²) >= 11 is 0. The van der Waals surface area contributed by atoms with Crippen molar-refractivity contribution in [2.24, 2.45) is 0 Å². The third kappa shape index (κ3) is 3.31. The summed E-state index contributed by atoms with van der Waals surface area (Å²) in [4.78, 5) is 19.7. The number of hydrogen-bond acceptors (Lipinski definition) is 4. The van der Waals surface area contributed by atoms with Crippen molar-refractivity contribution in [2.45, 2.75) is 18.9 Å². The van der Waals surface area contributed by atoms with Gasteiger partial charge in [-0.1, -0.05) is 0 Å². The number of halogens is 2. The summed E-state index contributed by atoms with van der Waals surface area (Å²) in [6.07, 6.45) is 3.16. The predicted molar refractivity (Wildman–Crippen MR) is 72.2 cm³/mol. The molecule has 1 fully saturated rings. The van der Waals surface area contributed by atoms with E-state index in [4.69, 9.17) is 0 Å². The van der Waals surface area contributed by atoms with Crippen LogP contribution in [0.15, 0.2) is 30.6 Å². The molecule has 108 valence electrons. The van der Waals surface area contributed by atoms with Gasteiger partial charge in [0.25, 0.3) is 5.91 Å². The highest BCUT2D eigenvalue weighted by Crippen LogP contribution is 2.21. The normalized spacial score (nSPS) is 13.8. The molecule has 1 aliphatic carbocycles. The van der Waals surface area contributed by atoms with Gasteiger partial charge in [0, 0.05) is 18.2 Å². The van der Waals surface area contributed by atoms with Crippen LogP contribution in [-0.4, -0.2) is 21.9 Å². The Morgan fingerprint density at radius 3 is 2.71 bits per heavy atom. The molecule has 1 aromatic heterocycles. The molecule has 1 aliphatic rings. The van der Waals surface area contributed by atoms with Gasteiger partial charge >= 0.3 is 0 Å². The number of aromatic nitrogens is 2. The Hall–Kier alpha value is -2.57. The van der Waals surface area contributed by atoms with Gasteiger partial charge in [0.05, 0.1) is 5.69 Å². The maximum absolute atomic E-state index is 13.6. The second kappa shape index (κ2) is 5.43. The van der Waals surface area contributed by atoms with E-state index in [0.29, 0.717) is 0 Å². The lowest BCUT2D eigenvalue weighted by atomic mass is 10.3. The smallest absolute Gasteiger partial charge is 0.270 e. The molecule has 0 saturated heterocycles. The van der Waals surface area contributed by atoms with Crippen LogP contribution in [0.3, 0.4) is 0 Å². The number of nitrogens with one attached hydrogen (secondary N) is 2. The molecule has 1 heterocycles. The van der Waals surface area contributed by atoms with E-state index in [1.807, 2.05) is 0 Å². The maximum atomic E-state index is 13.6. The van der Waals surface area contributed by atoms with E-state index < -0.39 is 11.6 Å². The van der Waals surface area contributed by atoms with E-state index in [1.54, 1.807) is 0 Å². The summed E-state index contributed by atoms with van der Waals surface area (Å²) in [6, 6.07) is 4.80. The molecule has 1 saturated carbocycles. The molecule has 21 heavy (non-hydrogen) atoms. The average Bonchev–Trinajstić information content (AvgIpc) is 3.26. The fraction of sp³-hybridized carbons (Fsp3) is 0.214. The van der Waals surface area contributed by atoms with Crippen molar-refractivity contribution in [1.82, 2.24) is 15.3 Å². The summed E-state index contributed by atoms with van der Waals surface area (Å²) in [5, 5.41) is 5.49. The zero-order valence-corrected chi connectivity index (χ0v) is 10.9. The minimum absolute atomic E-state index is 0.0728. The number of amides is 1. The van der Waals surface area contributed by atoms with Crippen LogP contribution in [0.5, 0.6) is 0 Å². The molecule has 0 unspecified atom stereocenters. The van der Waals surface area contributed by atoms with E-state index >= 15 is 0 Å². The molecule has 1 amide bonds. The zero-order chi connectivity index (χ0) is 14.8. The highest BCUT2D eigenvalue weighted by molar-refractivity contribution is 5.93. The quantitative estimate of drug-likeness (QED) is 0.907. The van der Waals surface area contributed by atoms with Crippen molar-refractivity contribution >= 4 is 17.4 Å². The minimum atomic E-state index is -0.738. The third-order valence-corrected chi connectivity index (χ3v) is 3.01. The zero-order valence-electron chi connectivity index (χ0n) is 10.9. The molecule has 0 spiro atoms. The summed E-state index contributed by atoms with van der Waals surface area (Å²) < 4.78 is 26.4. The summed E-state index contributed by atoms with van der Waals surface area (Å²) in [6.45, 7) is 0. The van der Waals surface area contributed by atoms with Crippen LogP contribution in [0.2, 0.25) is 0 Å². The van der Waals surface area contributed by atoms with Crippen molar-refractivity contribution in [1.29, 1.82) is 0 Å². The lowest BCUT2D eigenvalue weighted by Gasteiger charge is -2.08. The topological polar surface area (TPSA) is 66.9 Å². The first-order valence-corrected chi connectivity index (χ1v) is 6.47. The van der Waals surface area contributed by atoms with Gasteiger partial charge in [-0.2, -0.15) is 0 Å². The van der Waals surface area contributed by atoms with Crippen LogP contribution in [0.1, 0.15) is 23.3 Å². The maximum Gasteiger partial charge on any atom is 0.270 e. The fourth-order valence-electron chi connectivity index (χ4n) is 1.77. The van der Waals surface area contributed by atoms with Crippen LogP contribution in [0.4, 0.5) is 20.3 Å². The molecule has 2 N–H and O–H groups in total. The lowest BCUT2D eigenvalue weighted by molar-refractivity contribution is 0.0946. The van der Waals surface area contributed by atoms with Crippen LogP contribution >= 0.6 is 0 Å². The molecule has 7 heteroatoms. The van der Waals surface area contributed by atoms with Crippen molar-refractivity contribution in [3.8, 4) is 0 Å². The fourth-order valence-corrected chi connectivity index (χ4v) is 1.77. The number of carbonyl (C=O) groups is 1. The van der Waals surface area contributed by atoms with Crippen LogP contribution in [0.25, 0.3) is 0 Å². The van der Waals surface area contributed by atoms with Gasteiger partial charge in [0.15, 0.2) is 0 Å². The van der Waals surface area contributed by atoms with Gasteiger partial charge in [-0.25, -0.2) is 18.7 Å². The first-order chi connectivity index (χ1) is 10.1. The van der Waals surface area contributed by atoms with Gasteiger partial charge in [-0.15, -0.1) is 0 Å². The molecule has 3 rings (SSSR count). The first-order valence-electron chi connectivity index (χ1n) is 6.47. The van der Waals surface area contributed by atoms with Gasteiger partial charge in [-0.3, -0.25) is 4.79 Å². The highest BCUT2D eigenvalue weighted by atomic mass is 19.1. The van der Waals surface area contributed by atoms with Crippen molar-refractivity contribution in [3.05, 3.63) is 47.9 Å². The third-order valence-electron chi connectivity index (χ3n) is 3.01. The summed E-state index contributed by atoms with van der Waals surface area (Å²) in [5.41, 5.74) is 0.269. The van der Waals surface area contributed by atoms with Crippen molar-refractivity contribution in [3.63, 3.8) is 0 Å². The Balaban J connectivity index is 1.77. The second-order valence-corrected chi connectivity index (χ2v) is 4.79. The number of rotatable bonds is 4. The van der Waals surface area contributed by atoms with Crippen molar-refractivity contribution < 1.29 is 13.6 Å². The van der Waals surface area contributed by atoms with Gasteiger partial charge < -0.3 is 10.6 Å². The minimum Gasteiger partial charge on any atom is -0.348 e. The van der Waals surface area contributed by atoms with Crippen LogP contribution < -0.4 is 10.6 Å².